The summed E-state index contributed by atoms with van der Waals surface area (Å²) >= 11 is 0. The number of phenolic OH excluding ortho intramolecular Hbond substituents is 1. The summed E-state index contributed by atoms with van der Waals surface area (Å²) in [7, 11) is 0. The summed E-state index contributed by atoms with van der Waals surface area (Å²) in [5.74, 6) is -0.738. The number of carbonyl (C=O) groups excluding carboxylic acids is 1. The van der Waals surface area contributed by atoms with Crippen LogP contribution in [0.4, 0.5) is 11.4 Å². The van der Waals surface area contributed by atoms with Crippen LogP contribution in [-0.4, -0.2) is 34.7 Å². The molecule has 1 aliphatic heterocycles. The lowest BCUT2D eigenvalue weighted by atomic mass is 9.90. The normalized spacial score (nSPS) is 17.4. The van der Waals surface area contributed by atoms with Gasteiger partial charge in [0.25, 0.3) is 5.69 Å². The summed E-state index contributed by atoms with van der Waals surface area (Å²) in [6.07, 6.45) is 0.704. The van der Waals surface area contributed by atoms with Gasteiger partial charge in [0.05, 0.1) is 11.0 Å². The van der Waals surface area contributed by atoms with Gasteiger partial charge in [0, 0.05) is 13.2 Å². The van der Waals surface area contributed by atoms with Gasteiger partial charge in [-0.15, -0.1) is 0 Å². The largest absolute Gasteiger partial charge is 0.508 e. The number of nitrogens with two attached hydrogens (primary N) is 1. The number of nitro benzene ring substituents is 1. The van der Waals surface area contributed by atoms with E-state index in [1.165, 1.54) is 12.1 Å². The van der Waals surface area contributed by atoms with Crippen molar-refractivity contribution in [3.8, 4) is 5.75 Å². The molecule has 1 heterocycles. The van der Waals surface area contributed by atoms with Crippen molar-refractivity contribution in [3.05, 3.63) is 28.3 Å². The number of nitro groups is 1. The zero-order chi connectivity index (χ0) is 14.8. The number of aromatic hydroxyl groups is 1. The molecule has 108 valence electrons. The van der Waals surface area contributed by atoms with E-state index in [9.17, 15) is 20.0 Å². The van der Waals surface area contributed by atoms with Gasteiger partial charge in [-0.3, -0.25) is 14.9 Å². The van der Waals surface area contributed by atoms with Crippen LogP contribution < -0.4 is 11.1 Å². The number of nitrogens with one attached hydrogen (secondary N) is 1. The van der Waals surface area contributed by atoms with Crippen LogP contribution >= 0.6 is 0 Å². The SMILES string of the molecule is NC1(C(=O)Nc2ccc(O)cc2[N+](=O)[O-])CCOCC1. The summed E-state index contributed by atoms with van der Waals surface area (Å²) in [6.45, 7) is 0.753. The van der Waals surface area contributed by atoms with Crippen LogP contribution in [0.2, 0.25) is 0 Å². The number of ether oxygens (including phenoxy) is 1. The van der Waals surface area contributed by atoms with E-state index in [4.69, 9.17) is 10.5 Å². The maximum absolute atomic E-state index is 12.2. The predicted molar refractivity (Wildman–Crippen MR) is 70.4 cm³/mol. The molecule has 0 aliphatic carbocycles. The van der Waals surface area contributed by atoms with Crippen LogP contribution in [0.1, 0.15) is 12.8 Å². The second-order valence-corrected chi connectivity index (χ2v) is 4.68. The molecule has 0 unspecified atom stereocenters. The number of benzene rings is 1. The lowest BCUT2D eigenvalue weighted by molar-refractivity contribution is -0.384. The Morgan fingerprint density at radius 2 is 2.10 bits per heavy atom. The van der Waals surface area contributed by atoms with Crippen molar-refractivity contribution < 1.29 is 19.6 Å². The van der Waals surface area contributed by atoms with Crippen molar-refractivity contribution in [2.24, 2.45) is 5.73 Å². The smallest absolute Gasteiger partial charge is 0.296 e. The monoisotopic (exact) mass is 281 g/mol. The van der Waals surface area contributed by atoms with Gasteiger partial charge in [0.2, 0.25) is 5.91 Å². The average molecular weight is 281 g/mol. The lowest BCUT2D eigenvalue weighted by Crippen LogP contribution is -2.54. The highest BCUT2D eigenvalue weighted by Crippen LogP contribution is 2.29. The number of anilines is 1. The maximum atomic E-state index is 12.2. The quantitative estimate of drug-likeness (QED) is 0.426. The lowest BCUT2D eigenvalue weighted by Gasteiger charge is -2.31. The van der Waals surface area contributed by atoms with Crippen molar-refractivity contribution >= 4 is 17.3 Å². The molecule has 0 radical (unpaired) electrons. The number of nitrogens with zero attached hydrogens (tertiary/aromatic N) is 1. The molecule has 1 aliphatic rings. The van der Waals surface area contributed by atoms with E-state index in [-0.39, 0.29) is 17.1 Å². The molecule has 4 N–H and O–H groups in total. The Labute approximate surface area is 114 Å². The van der Waals surface area contributed by atoms with Gasteiger partial charge in [-0.05, 0) is 25.0 Å². The van der Waals surface area contributed by atoms with Crippen LogP contribution in [0.25, 0.3) is 0 Å². The first-order chi connectivity index (χ1) is 9.42. The Morgan fingerprint density at radius 1 is 1.45 bits per heavy atom. The standard InChI is InChI=1S/C12H15N3O5/c13-12(3-5-20-6-4-12)11(17)14-9-2-1-8(16)7-10(9)15(18)19/h1-2,7,16H,3-6,13H2,(H,14,17). The first-order valence-electron chi connectivity index (χ1n) is 6.08. The van der Waals surface area contributed by atoms with E-state index >= 15 is 0 Å². The molecule has 8 nitrogen and oxygen atoms in total. The molecule has 0 saturated carbocycles. The van der Waals surface area contributed by atoms with Crippen molar-refractivity contribution in [1.29, 1.82) is 0 Å². The Morgan fingerprint density at radius 3 is 2.70 bits per heavy atom. The van der Waals surface area contributed by atoms with E-state index in [0.29, 0.717) is 26.1 Å². The second kappa shape index (κ2) is 5.43. The number of rotatable bonds is 3. The van der Waals surface area contributed by atoms with Gasteiger partial charge < -0.3 is 20.9 Å². The van der Waals surface area contributed by atoms with Crippen LogP contribution in [0.3, 0.4) is 0 Å². The molecule has 2 rings (SSSR count). The molecule has 8 heteroatoms. The molecule has 1 saturated heterocycles. The topological polar surface area (TPSA) is 128 Å². The van der Waals surface area contributed by atoms with E-state index in [1.807, 2.05) is 0 Å². The van der Waals surface area contributed by atoms with E-state index in [1.54, 1.807) is 0 Å². The number of hydrogen-bond acceptors (Lipinski definition) is 6. The number of hydrogen-bond donors (Lipinski definition) is 3. The summed E-state index contributed by atoms with van der Waals surface area (Å²) in [6, 6.07) is 3.51. The van der Waals surface area contributed by atoms with Crippen molar-refractivity contribution in [3.63, 3.8) is 0 Å². The first-order valence-corrected chi connectivity index (χ1v) is 6.08. The number of amides is 1. The van der Waals surface area contributed by atoms with Gasteiger partial charge in [-0.1, -0.05) is 0 Å². The van der Waals surface area contributed by atoms with E-state index in [2.05, 4.69) is 5.32 Å². The third-order valence-corrected chi connectivity index (χ3v) is 3.26. The molecule has 0 spiro atoms. The van der Waals surface area contributed by atoms with Crippen molar-refractivity contribution in [1.82, 2.24) is 0 Å². The van der Waals surface area contributed by atoms with Gasteiger partial charge in [-0.2, -0.15) is 0 Å². The zero-order valence-electron chi connectivity index (χ0n) is 10.7. The Hall–Kier alpha value is -2.19. The summed E-state index contributed by atoms with van der Waals surface area (Å²) < 4.78 is 5.14. The third kappa shape index (κ3) is 2.86. The summed E-state index contributed by atoms with van der Waals surface area (Å²) in [5.41, 5.74) is 4.53. The van der Waals surface area contributed by atoms with Crippen LogP contribution in [0.15, 0.2) is 18.2 Å². The molecule has 0 bridgehead atoms. The Bertz CT molecular complexity index is 540. The highest BCUT2D eigenvalue weighted by Gasteiger charge is 2.36. The fourth-order valence-electron chi connectivity index (χ4n) is 1.99. The van der Waals surface area contributed by atoms with Gasteiger partial charge in [-0.25, -0.2) is 0 Å². The summed E-state index contributed by atoms with van der Waals surface area (Å²) in [4.78, 5) is 22.4. The first kappa shape index (κ1) is 14.2. The van der Waals surface area contributed by atoms with E-state index in [0.717, 1.165) is 6.07 Å². The molecule has 1 aromatic carbocycles. The van der Waals surface area contributed by atoms with Crippen LogP contribution in [-0.2, 0) is 9.53 Å². The Kier molecular flexibility index (Phi) is 3.86. The molecule has 1 aromatic rings. The second-order valence-electron chi connectivity index (χ2n) is 4.68. The van der Waals surface area contributed by atoms with Crippen LogP contribution in [0, 0.1) is 10.1 Å². The molecule has 1 amide bonds. The minimum atomic E-state index is -1.09. The number of phenols is 1. The van der Waals surface area contributed by atoms with Crippen molar-refractivity contribution in [2.75, 3.05) is 18.5 Å². The van der Waals surface area contributed by atoms with Gasteiger partial charge in [0.15, 0.2) is 0 Å². The van der Waals surface area contributed by atoms with Gasteiger partial charge in [0.1, 0.15) is 17.0 Å². The molecule has 0 atom stereocenters. The van der Waals surface area contributed by atoms with E-state index < -0.39 is 16.4 Å². The Balaban J connectivity index is 2.21. The maximum Gasteiger partial charge on any atom is 0.296 e. The summed E-state index contributed by atoms with van der Waals surface area (Å²) in [5, 5.41) is 22.6. The molecule has 0 aromatic heterocycles. The zero-order valence-corrected chi connectivity index (χ0v) is 10.7. The average Bonchev–Trinajstić information content (AvgIpc) is 2.41. The number of carbonyl (C=O) groups is 1. The molecular formula is C12H15N3O5. The van der Waals surface area contributed by atoms with Crippen molar-refractivity contribution in [2.45, 2.75) is 18.4 Å². The third-order valence-electron chi connectivity index (χ3n) is 3.26. The highest BCUT2D eigenvalue weighted by atomic mass is 16.6. The molecule has 20 heavy (non-hydrogen) atoms. The predicted octanol–water partition coefficient (Wildman–Crippen LogP) is 0.747. The fourth-order valence-corrected chi connectivity index (χ4v) is 1.99. The fraction of sp³-hybridized carbons (Fsp3) is 0.417. The molecular weight excluding hydrogens is 266 g/mol. The van der Waals surface area contributed by atoms with Crippen LogP contribution in [0.5, 0.6) is 5.75 Å². The van der Waals surface area contributed by atoms with Gasteiger partial charge >= 0.3 is 0 Å². The highest BCUT2D eigenvalue weighted by molar-refractivity contribution is 5.99. The molecule has 1 fully saturated rings. The minimum absolute atomic E-state index is 0.00844. The minimum Gasteiger partial charge on any atom is -0.508 e.